The second kappa shape index (κ2) is 5.51. The smallest absolute Gasteiger partial charge is 0.311 e. The zero-order chi connectivity index (χ0) is 14.9. The van der Waals surface area contributed by atoms with Crippen LogP contribution < -0.4 is 4.90 Å². The van der Waals surface area contributed by atoms with Crippen molar-refractivity contribution in [2.75, 3.05) is 11.9 Å². The van der Waals surface area contributed by atoms with Crippen LogP contribution in [-0.4, -0.2) is 12.0 Å². The maximum Gasteiger partial charge on any atom is 0.311 e. The summed E-state index contributed by atoms with van der Waals surface area (Å²) in [5.41, 5.74) is 3.52. The Labute approximate surface area is 122 Å². The molecule has 2 aromatic carbocycles. The summed E-state index contributed by atoms with van der Waals surface area (Å²) in [4.78, 5) is 12.5. The summed E-state index contributed by atoms with van der Waals surface area (Å²) in [5, 5.41) is 11.3. The van der Waals surface area contributed by atoms with E-state index in [0.29, 0.717) is 5.69 Å². The first-order valence-electron chi connectivity index (χ1n) is 6.15. The third kappa shape index (κ3) is 2.75. The summed E-state index contributed by atoms with van der Waals surface area (Å²) in [5.74, 6) is 0. The summed E-state index contributed by atoms with van der Waals surface area (Å²) in [7, 11) is 1.80. The summed E-state index contributed by atoms with van der Waals surface area (Å²) in [6, 6.07) is 11.0. The number of anilines is 2. The number of benzene rings is 2. The minimum absolute atomic E-state index is 0.0733. The van der Waals surface area contributed by atoms with Gasteiger partial charge < -0.3 is 4.90 Å². The fourth-order valence-corrected chi connectivity index (χ4v) is 2.48. The lowest BCUT2D eigenvalue weighted by Gasteiger charge is -2.20. The van der Waals surface area contributed by atoms with Crippen LogP contribution >= 0.6 is 11.6 Å². The second-order valence-electron chi connectivity index (χ2n) is 4.77. The highest BCUT2D eigenvalue weighted by molar-refractivity contribution is 6.33. The van der Waals surface area contributed by atoms with Crippen molar-refractivity contribution in [2.24, 2.45) is 0 Å². The average Bonchev–Trinajstić information content (AvgIpc) is 2.35. The van der Waals surface area contributed by atoms with Gasteiger partial charge in [-0.2, -0.15) is 0 Å². The normalized spacial score (nSPS) is 10.4. The maximum absolute atomic E-state index is 11.2. The zero-order valence-corrected chi connectivity index (χ0v) is 12.3. The van der Waals surface area contributed by atoms with E-state index < -0.39 is 4.92 Å². The van der Waals surface area contributed by atoms with E-state index in [0.717, 1.165) is 16.8 Å². The largest absolute Gasteiger partial charge is 0.339 e. The van der Waals surface area contributed by atoms with Crippen molar-refractivity contribution in [3.63, 3.8) is 0 Å². The number of nitro benzene ring substituents is 1. The van der Waals surface area contributed by atoms with Gasteiger partial charge >= 0.3 is 5.69 Å². The Balaban J connectivity index is 2.56. The van der Waals surface area contributed by atoms with E-state index in [1.54, 1.807) is 24.1 Å². The van der Waals surface area contributed by atoms with Gasteiger partial charge in [-0.1, -0.05) is 23.7 Å². The van der Waals surface area contributed by atoms with Crippen LogP contribution in [0.1, 0.15) is 11.1 Å². The molecular formula is C15H15ClN2O2. The molecule has 0 radical (unpaired) electrons. The number of halogens is 1. The van der Waals surface area contributed by atoms with Crippen molar-refractivity contribution in [3.05, 3.63) is 62.7 Å². The van der Waals surface area contributed by atoms with Crippen molar-refractivity contribution in [1.82, 2.24) is 0 Å². The lowest BCUT2D eigenvalue weighted by molar-refractivity contribution is -0.383. The molecule has 0 spiro atoms. The molecule has 0 aliphatic heterocycles. The van der Waals surface area contributed by atoms with Crippen molar-refractivity contribution < 1.29 is 4.92 Å². The molecule has 0 aromatic heterocycles. The predicted octanol–water partition coefficient (Wildman–Crippen LogP) is 4.63. The lowest BCUT2D eigenvalue weighted by Crippen LogP contribution is -2.12. The fraction of sp³-hybridized carbons (Fsp3) is 0.200. The quantitative estimate of drug-likeness (QED) is 0.611. The van der Waals surface area contributed by atoms with Gasteiger partial charge in [0, 0.05) is 12.7 Å². The summed E-state index contributed by atoms with van der Waals surface area (Å²) in [6.45, 7) is 3.99. The van der Waals surface area contributed by atoms with Crippen LogP contribution in [0.5, 0.6) is 0 Å². The van der Waals surface area contributed by atoms with Crippen LogP contribution in [-0.2, 0) is 0 Å². The first-order valence-corrected chi connectivity index (χ1v) is 6.53. The molecule has 0 fully saturated rings. The number of aryl methyl sites for hydroxylation is 2. The van der Waals surface area contributed by atoms with Crippen LogP contribution in [0.3, 0.4) is 0 Å². The highest BCUT2D eigenvalue weighted by atomic mass is 35.5. The summed E-state index contributed by atoms with van der Waals surface area (Å²) < 4.78 is 0. The Morgan fingerprint density at radius 3 is 2.30 bits per heavy atom. The highest BCUT2D eigenvalue weighted by Crippen LogP contribution is 2.37. The van der Waals surface area contributed by atoms with E-state index in [4.69, 9.17) is 11.6 Å². The molecule has 0 unspecified atom stereocenters. The molecule has 2 aromatic rings. The molecule has 0 heterocycles. The Kier molecular flexibility index (Phi) is 3.95. The molecule has 0 aliphatic rings. The third-order valence-electron chi connectivity index (χ3n) is 3.10. The van der Waals surface area contributed by atoms with Gasteiger partial charge in [0.25, 0.3) is 0 Å². The maximum atomic E-state index is 11.2. The van der Waals surface area contributed by atoms with Gasteiger partial charge in [-0.3, -0.25) is 10.1 Å². The van der Waals surface area contributed by atoms with E-state index in [1.165, 1.54) is 6.07 Å². The van der Waals surface area contributed by atoms with Crippen LogP contribution in [0, 0.1) is 24.0 Å². The number of hydrogen-bond acceptors (Lipinski definition) is 3. The molecule has 104 valence electrons. The predicted molar refractivity (Wildman–Crippen MR) is 82.1 cm³/mol. The fourth-order valence-electron chi connectivity index (χ4n) is 2.24. The summed E-state index contributed by atoms with van der Waals surface area (Å²) in [6.07, 6.45) is 0. The Bertz CT molecular complexity index is 651. The molecule has 5 heteroatoms. The second-order valence-corrected chi connectivity index (χ2v) is 5.18. The van der Waals surface area contributed by atoms with Gasteiger partial charge in [-0.15, -0.1) is 0 Å². The molecular weight excluding hydrogens is 276 g/mol. The Morgan fingerprint density at radius 2 is 1.75 bits per heavy atom. The van der Waals surface area contributed by atoms with Crippen LogP contribution in [0.15, 0.2) is 36.4 Å². The SMILES string of the molecule is Cc1cc(C)cc(N(C)c2cccc(Cl)c2[N+](=O)[O-])c1. The van der Waals surface area contributed by atoms with Gasteiger partial charge in [0.1, 0.15) is 10.7 Å². The van der Waals surface area contributed by atoms with Crippen molar-refractivity contribution in [3.8, 4) is 0 Å². The van der Waals surface area contributed by atoms with E-state index in [1.807, 2.05) is 26.0 Å². The van der Waals surface area contributed by atoms with Gasteiger partial charge in [0.15, 0.2) is 0 Å². The molecule has 0 saturated carbocycles. The number of hydrogen-bond donors (Lipinski definition) is 0. The average molecular weight is 291 g/mol. The van der Waals surface area contributed by atoms with Crippen molar-refractivity contribution >= 4 is 28.7 Å². The first kappa shape index (κ1) is 14.3. The minimum Gasteiger partial charge on any atom is -0.339 e. The Hall–Kier alpha value is -2.07. The molecule has 2 rings (SSSR count). The highest BCUT2D eigenvalue weighted by Gasteiger charge is 2.21. The van der Waals surface area contributed by atoms with E-state index in [9.17, 15) is 10.1 Å². The minimum atomic E-state index is -0.448. The molecule has 20 heavy (non-hydrogen) atoms. The van der Waals surface area contributed by atoms with Gasteiger partial charge in [-0.05, 0) is 49.2 Å². The number of nitrogens with zero attached hydrogens (tertiary/aromatic N) is 2. The van der Waals surface area contributed by atoms with E-state index in [2.05, 4.69) is 6.07 Å². The van der Waals surface area contributed by atoms with Crippen molar-refractivity contribution in [2.45, 2.75) is 13.8 Å². The lowest BCUT2D eigenvalue weighted by atomic mass is 10.1. The molecule has 4 nitrogen and oxygen atoms in total. The monoisotopic (exact) mass is 290 g/mol. The van der Waals surface area contributed by atoms with Crippen LogP contribution in [0.4, 0.5) is 17.1 Å². The molecule has 0 amide bonds. The third-order valence-corrected chi connectivity index (χ3v) is 3.41. The number of para-hydroxylation sites is 1. The molecule has 0 atom stereocenters. The van der Waals surface area contributed by atoms with Crippen LogP contribution in [0.25, 0.3) is 0 Å². The standard InChI is InChI=1S/C15H15ClN2O2/c1-10-7-11(2)9-12(8-10)17(3)14-6-4-5-13(16)15(14)18(19)20/h4-9H,1-3H3. The van der Waals surface area contributed by atoms with Gasteiger partial charge in [0.05, 0.1) is 4.92 Å². The van der Waals surface area contributed by atoms with Gasteiger partial charge in [-0.25, -0.2) is 0 Å². The molecule has 0 bridgehead atoms. The summed E-state index contributed by atoms with van der Waals surface area (Å²) >= 11 is 5.95. The number of rotatable bonds is 3. The molecule has 0 aliphatic carbocycles. The topological polar surface area (TPSA) is 46.4 Å². The Morgan fingerprint density at radius 1 is 1.15 bits per heavy atom. The molecule has 0 saturated heterocycles. The first-order chi connectivity index (χ1) is 9.40. The zero-order valence-electron chi connectivity index (χ0n) is 11.6. The van der Waals surface area contributed by atoms with E-state index in [-0.39, 0.29) is 10.7 Å². The van der Waals surface area contributed by atoms with Crippen molar-refractivity contribution in [1.29, 1.82) is 0 Å². The van der Waals surface area contributed by atoms with Gasteiger partial charge in [0.2, 0.25) is 0 Å². The van der Waals surface area contributed by atoms with E-state index >= 15 is 0 Å². The number of nitro groups is 1. The van der Waals surface area contributed by atoms with Crippen LogP contribution in [0.2, 0.25) is 5.02 Å². The molecule has 0 N–H and O–H groups in total.